The van der Waals surface area contributed by atoms with Crippen LogP contribution in [0.1, 0.15) is 31.2 Å². The van der Waals surface area contributed by atoms with Gasteiger partial charge in [-0.2, -0.15) is 0 Å². The number of carbonyl (C=O) groups excluding carboxylic acids is 1. The van der Waals surface area contributed by atoms with E-state index in [1.165, 1.54) is 18.2 Å². The van der Waals surface area contributed by atoms with Gasteiger partial charge < -0.3 is 15.0 Å². The summed E-state index contributed by atoms with van der Waals surface area (Å²) in [5.41, 5.74) is 1.27. The molecule has 0 bridgehead atoms. The second-order valence-corrected chi connectivity index (χ2v) is 7.95. The number of anilines is 1. The molecule has 1 atom stereocenters. The van der Waals surface area contributed by atoms with Crippen LogP contribution in [0, 0.1) is 11.6 Å². The number of carbonyl (C=O) groups is 1. The Morgan fingerprint density at radius 3 is 2.52 bits per heavy atom. The molecular weight excluding hydrogens is 374 g/mol. The highest BCUT2D eigenvalue weighted by molar-refractivity contribution is 5.97. The standard InChI is InChI=1S/C23H26F2N2O2/c24-18-5-1-4-17(14-18)23(9-12-29-13-10-23)16-26-21-8-3-11-27(22(21)28)20-7-2-6-19(25)15-20/h1-2,4-7,14-15,21,26H,3,8-13,16H2. The lowest BCUT2D eigenvalue weighted by atomic mass is 9.74. The number of benzene rings is 2. The maximum absolute atomic E-state index is 13.9. The van der Waals surface area contributed by atoms with Gasteiger partial charge in [0.1, 0.15) is 11.6 Å². The zero-order valence-corrected chi connectivity index (χ0v) is 16.4. The van der Waals surface area contributed by atoms with Crippen LogP contribution in [0.2, 0.25) is 0 Å². The number of rotatable bonds is 5. The summed E-state index contributed by atoms with van der Waals surface area (Å²) in [5, 5.41) is 3.45. The molecule has 0 spiro atoms. The van der Waals surface area contributed by atoms with E-state index in [0.29, 0.717) is 32.0 Å². The van der Waals surface area contributed by atoms with Crippen molar-refractivity contribution >= 4 is 11.6 Å². The van der Waals surface area contributed by atoms with Crippen LogP contribution in [-0.4, -0.2) is 38.3 Å². The number of halogens is 2. The Morgan fingerprint density at radius 2 is 1.79 bits per heavy atom. The second kappa shape index (κ2) is 8.59. The van der Waals surface area contributed by atoms with Gasteiger partial charge in [0.15, 0.2) is 0 Å². The summed E-state index contributed by atoms with van der Waals surface area (Å²) >= 11 is 0. The number of ether oxygens (including phenoxy) is 1. The molecule has 154 valence electrons. The first-order valence-electron chi connectivity index (χ1n) is 10.2. The zero-order chi connectivity index (χ0) is 20.3. The molecule has 2 aliphatic rings. The van der Waals surface area contributed by atoms with E-state index in [1.54, 1.807) is 29.2 Å². The van der Waals surface area contributed by atoms with E-state index in [9.17, 15) is 13.6 Å². The Morgan fingerprint density at radius 1 is 1.07 bits per heavy atom. The smallest absolute Gasteiger partial charge is 0.244 e. The molecule has 0 radical (unpaired) electrons. The van der Waals surface area contributed by atoms with Gasteiger partial charge in [-0.05, 0) is 61.6 Å². The number of hydrogen-bond acceptors (Lipinski definition) is 3. The highest BCUT2D eigenvalue weighted by Gasteiger charge is 2.37. The first-order chi connectivity index (χ1) is 14.1. The van der Waals surface area contributed by atoms with E-state index in [4.69, 9.17) is 4.74 Å². The van der Waals surface area contributed by atoms with Gasteiger partial charge in [-0.1, -0.05) is 18.2 Å². The molecule has 0 aliphatic carbocycles. The van der Waals surface area contributed by atoms with Gasteiger partial charge in [0.2, 0.25) is 5.91 Å². The number of hydrogen-bond donors (Lipinski definition) is 1. The molecule has 0 aromatic heterocycles. The number of nitrogens with zero attached hydrogens (tertiary/aromatic N) is 1. The fourth-order valence-electron chi connectivity index (χ4n) is 4.43. The van der Waals surface area contributed by atoms with Gasteiger partial charge in [0, 0.05) is 37.4 Å². The van der Waals surface area contributed by atoms with Gasteiger partial charge in [0.25, 0.3) is 0 Å². The fraction of sp³-hybridized carbons (Fsp3) is 0.435. The average molecular weight is 400 g/mol. The van der Waals surface area contributed by atoms with E-state index in [1.807, 2.05) is 6.07 Å². The Balaban J connectivity index is 1.50. The fourth-order valence-corrected chi connectivity index (χ4v) is 4.43. The van der Waals surface area contributed by atoms with Crippen molar-refractivity contribution in [3.63, 3.8) is 0 Å². The van der Waals surface area contributed by atoms with Crippen molar-refractivity contribution in [3.05, 3.63) is 65.7 Å². The summed E-state index contributed by atoms with van der Waals surface area (Å²) in [4.78, 5) is 14.7. The summed E-state index contributed by atoms with van der Waals surface area (Å²) in [7, 11) is 0. The predicted octanol–water partition coefficient (Wildman–Crippen LogP) is 3.80. The third kappa shape index (κ3) is 4.33. The molecule has 2 aromatic rings. The Bertz CT molecular complexity index is 867. The molecule has 1 amide bonds. The van der Waals surface area contributed by atoms with Crippen LogP contribution in [0.4, 0.5) is 14.5 Å². The molecule has 2 saturated heterocycles. The lowest BCUT2D eigenvalue weighted by Crippen LogP contribution is -2.54. The zero-order valence-electron chi connectivity index (χ0n) is 16.4. The van der Waals surface area contributed by atoms with Crippen LogP contribution in [0.3, 0.4) is 0 Å². The average Bonchev–Trinajstić information content (AvgIpc) is 2.74. The van der Waals surface area contributed by atoms with E-state index in [2.05, 4.69) is 5.32 Å². The van der Waals surface area contributed by atoms with Crippen LogP contribution in [0.5, 0.6) is 0 Å². The Kier molecular flexibility index (Phi) is 5.92. The minimum Gasteiger partial charge on any atom is -0.381 e. The number of nitrogens with one attached hydrogen (secondary N) is 1. The van der Waals surface area contributed by atoms with Crippen molar-refractivity contribution in [2.75, 3.05) is 31.2 Å². The van der Waals surface area contributed by atoms with Gasteiger partial charge in [-0.3, -0.25) is 4.79 Å². The lowest BCUT2D eigenvalue weighted by molar-refractivity contribution is -0.121. The van der Waals surface area contributed by atoms with Crippen LogP contribution < -0.4 is 10.2 Å². The molecule has 4 rings (SSSR count). The quantitative estimate of drug-likeness (QED) is 0.830. The number of amides is 1. The Hall–Kier alpha value is -2.31. The van der Waals surface area contributed by atoms with E-state index < -0.39 is 0 Å². The van der Waals surface area contributed by atoms with Crippen molar-refractivity contribution in [2.45, 2.75) is 37.1 Å². The minimum atomic E-state index is -0.349. The summed E-state index contributed by atoms with van der Waals surface area (Å²) in [6.45, 7) is 2.40. The molecule has 29 heavy (non-hydrogen) atoms. The molecule has 4 nitrogen and oxygen atoms in total. The summed E-state index contributed by atoms with van der Waals surface area (Å²) in [6.07, 6.45) is 3.13. The molecule has 6 heteroatoms. The van der Waals surface area contributed by atoms with E-state index in [0.717, 1.165) is 31.2 Å². The lowest BCUT2D eigenvalue weighted by Gasteiger charge is -2.40. The highest BCUT2D eigenvalue weighted by atomic mass is 19.1. The molecule has 2 aromatic carbocycles. The Labute approximate surface area is 169 Å². The minimum absolute atomic E-state index is 0.0386. The van der Waals surface area contributed by atoms with Crippen molar-refractivity contribution < 1.29 is 18.3 Å². The maximum Gasteiger partial charge on any atom is 0.244 e. The van der Waals surface area contributed by atoms with E-state index in [-0.39, 0.29) is 29.0 Å². The number of piperidine rings is 1. The molecule has 2 aliphatic heterocycles. The maximum atomic E-state index is 13.9. The van der Waals surface area contributed by atoms with Crippen LogP contribution in [0.25, 0.3) is 0 Å². The summed E-state index contributed by atoms with van der Waals surface area (Å²) in [5.74, 6) is -0.639. The first kappa shape index (κ1) is 20.0. The van der Waals surface area contributed by atoms with Gasteiger partial charge in [0.05, 0.1) is 6.04 Å². The van der Waals surface area contributed by atoms with Crippen molar-refractivity contribution in [1.82, 2.24) is 5.32 Å². The largest absolute Gasteiger partial charge is 0.381 e. The molecule has 1 N–H and O–H groups in total. The molecule has 2 heterocycles. The molecule has 0 saturated carbocycles. The highest BCUT2D eigenvalue weighted by Crippen LogP contribution is 2.35. The van der Waals surface area contributed by atoms with Crippen LogP contribution in [-0.2, 0) is 14.9 Å². The van der Waals surface area contributed by atoms with Crippen molar-refractivity contribution in [3.8, 4) is 0 Å². The molecule has 1 unspecified atom stereocenters. The third-order valence-corrected chi connectivity index (χ3v) is 6.13. The van der Waals surface area contributed by atoms with Crippen LogP contribution >= 0.6 is 0 Å². The van der Waals surface area contributed by atoms with Gasteiger partial charge in [-0.15, -0.1) is 0 Å². The van der Waals surface area contributed by atoms with Gasteiger partial charge in [-0.25, -0.2) is 8.78 Å². The first-order valence-corrected chi connectivity index (χ1v) is 10.2. The summed E-state index contributed by atoms with van der Waals surface area (Å²) in [6, 6.07) is 12.6. The molecule has 2 fully saturated rings. The molecular formula is C23H26F2N2O2. The van der Waals surface area contributed by atoms with Crippen molar-refractivity contribution in [1.29, 1.82) is 0 Å². The predicted molar refractivity (Wildman–Crippen MR) is 108 cm³/mol. The van der Waals surface area contributed by atoms with E-state index >= 15 is 0 Å². The topological polar surface area (TPSA) is 41.6 Å². The van der Waals surface area contributed by atoms with Crippen molar-refractivity contribution in [2.24, 2.45) is 0 Å². The van der Waals surface area contributed by atoms with Gasteiger partial charge >= 0.3 is 0 Å². The second-order valence-electron chi connectivity index (χ2n) is 7.95. The monoisotopic (exact) mass is 400 g/mol. The summed E-state index contributed by atoms with van der Waals surface area (Å²) < 4.78 is 33.0. The van der Waals surface area contributed by atoms with Crippen LogP contribution in [0.15, 0.2) is 48.5 Å². The SMILES string of the molecule is O=C1C(NCC2(c3cccc(F)c3)CCOCC2)CCCN1c1cccc(F)c1. The normalized spacial score (nSPS) is 21.9. The third-order valence-electron chi connectivity index (χ3n) is 6.13.